The van der Waals surface area contributed by atoms with Crippen LogP contribution < -0.4 is 10.5 Å². The van der Waals surface area contributed by atoms with Gasteiger partial charge in [0.2, 0.25) is 0 Å². The maximum Gasteiger partial charge on any atom is 0.134 e. The summed E-state index contributed by atoms with van der Waals surface area (Å²) in [7, 11) is 0. The van der Waals surface area contributed by atoms with E-state index in [2.05, 4.69) is 0 Å². The maximum absolute atomic E-state index is 13.9. The van der Waals surface area contributed by atoms with E-state index in [1.54, 1.807) is 31.2 Å². The molecular weight excluding hydrogens is 248 g/mol. The summed E-state index contributed by atoms with van der Waals surface area (Å²) in [6.07, 6.45) is 0. The van der Waals surface area contributed by atoms with Gasteiger partial charge in [-0.2, -0.15) is 0 Å². The molecule has 0 aliphatic heterocycles. The number of ether oxygens (including phenoxy) is 1. The number of halogens is 2. The SMILES string of the molecule is Cc1cc(OCc2cccc(CN)c2F)ccc1F. The highest BCUT2D eigenvalue weighted by molar-refractivity contribution is 5.30. The van der Waals surface area contributed by atoms with E-state index in [4.69, 9.17) is 10.5 Å². The summed E-state index contributed by atoms with van der Waals surface area (Å²) < 4.78 is 32.5. The first kappa shape index (κ1) is 13.5. The zero-order valence-corrected chi connectivity index (χ0v) is 10.6. The van der Waals surface area contributed by atoms with Gasteiger partial charge < -0.3 is 10.5 Å². The van der Waals surface area contributed by atoms with Gasteiger partial charge in [-0.15, -0.1) is 0 Å². The molecule has 0 bridgehead atoms. The molecule has 100 valence electrons. The second-order valence-electron chi connectivity index (χ2n) is 4.29. The van der Waals surface area contributed by atoms with Gasteiger partial charge in [0.25, 0.3) is 0 Å². The van der Waals surface area contributed by atoms with Gasteiger partial charge in [-0.05, 0) is 30.7 Å². The lowest BCUT2D eigenvalue weighted by atomic mass is 10.1. The molecule has 2 rings (SSSR count). The molecule has 0 amide bonds. The van der Waals surface area contributed by atoms with Crippen molar-refractivity contribution in [3.05, 3.63) is 64.7 Å². The second kappa shape index (κ2) is 5.80. The minimum absolute atomic E-state index is 0.0880. The minimum Gasteiger partial charge on any atom is -0.489 e. The molecule has 2 N–H and O–H groups in total. The molecule has 0 radical (unpaired) electrons. The Morgan fingerprint density at radius 2 is 1.84 bits per heavy atom. The summed E-state index contributed by atoms with van der Waals surface area (Å²) in [5.74, 6) is -0.121. The summed E-state index contributed by atoms with van der Waals surface area (Å²) in [6, 6.07) is 9.45. The van der Waals surface area contributed by atoms with Crippen molar-refractivity contribution in [1.82, 2.24) is 0 Å². The third kappa shape index (κ3) is 3.09. The largest absolute Gasteiger partial charge is 0.489 e. The van der Waals surface area contributed by atoms with Crippen LogP contribution in [0, 0.1) is 18.6 Å². The molecule has 19 heavy (non-hydrogen) atoms. The molecule has 0 saturated carbocycles. The van der Waals surface area contributed by atoms with E-state index in [9.17, 15) is 8.78 Å². The van der Waals surface area contributed by atoms with Crippen LogP contribution in [0.25, 0.3) is 0 Å². The smallest absolute Gasteiger partial charge is 0.134 e. The minimum atomic E-state index is -0.344. The molecule has 0 aliphatic rings. The van der Waals surface area contributed by atoms with Crippen LogP contribution in [0.1, 0.15) is 16.7 Å². The Kier molecular flexibility index (Phi) is 4.12. The normalized spacial score (nSPS) is 10.5. The zero-order valence-electron chi connectivity index (χ0n) is 10.6. The van der Waals surface area contributed by atoms with Gasteiger partial charge >= 0.3 is 0 Å². The Hall–Kier alpha value is -1.94. The van der Waals surface area contributed by atoms with Crippen LogP contribution in [0.15, 0.2) is 36.4 Å². The Morgan fingerprint density at radius 3 is 2.53 bits per heavy atom. The molecule has 0 spiro atoms. The Balaban J connectivity index is 2.12. The molecular formula is C15H15F2NO. The van der Waals surface area contributed by atoms with E-state index < -0.39 is 0 Å². The highest BCUT2D eigenvalue weighted by atomic mass is 19.1. The van der Waals surface area contributed by atoms with Crippen LogP contribution >= 0.6 is 0 Å². The van der Waals surface area contributed by atoms with E-state index in [0.29, 0.717) is 22.4 Å². The summed E-state index contributed by atoms with van der Waals surface area (Å²) in [4.78, 5) is 0. The number of nitrogens with two attached hydrogens (primary N) is 1. The molecule has 0 fully saturated rings. The molecule has 0 saturated heterocycles. The summed E-state index contributed by atoms with van der Waals surface area (Å²) in [6.45, 7) is 1.89. The number of aryl methyl sites for hydroxylation is 1. The van der Waals surface area contributed by atoms with Gasteiger partial charge in [0.1, 0.15) is 24.0 Å². The third-order valence-corrected chi connectivity index (χ3v) is 2.90. The van der Waals surface area contributed by atoms with Gasteiger partial charge in [0.15, 0.2) is 0 Å². The Bertz CT molecular complexity index is 584. The fourth-order valence-electron chi connectivity index (χ4n) is 1.77. The van der Waals surface area contributed by atoms with Crippen LogP contribution in [0.3, 0.4) is 0 Å². The van der Waals surface area contributed by atoms with Gasteiger partial charge in [0.05, 0.1) is 0 Å². The maximum atomic E-state index is 13.9. The van der Waals surface area contributed by atoms with E-state index in [1.165, 1.54) is 12.1 Å². The first-order chi connectivity index (χ1) is 9.11. The highest BCUT2D eigenvalue weighted by Gasteiger charge is 2.07. The van der Waals surface area contributed by atoms with Gasteiger partial charge in [-0.3, -0.25) is 0 Å². The average Bonchev–Trinajstić information content (AvgIpc) is 2.41. The molecule has 0 aromatic heterocycles. The van der Waals surface area contributed by atoms with Crippen molar-refractivity contribution < 1.29 is 13.5 Å². The fourth-order valence-corrected chi connectivity index (χ4v) is 1.77. The predicted octanol–water partition coefficient (Wildman–Crippen LogP) is 3.31. The molecule has 2 aromatic carbocycles. The molecule has 2 nitrogen and oxygen atoms in total. The molecule has 0 aliphatic carbocycles. The Morgan fingerprint density at radius 1 is 1.11 bits per heavy atom. The zero-order chi connectivity index (χ0) is 13.8. The summed E-state index contributed by atoms with van der Waals surface area (Å²) in [5, 5.41) is 0. The van der Waals surface area contributed by atoms with Crippen molar-refractivity contribution in [1.29, 1.82) is 0 Å². The van der Waals surface area contributed by atoms with Crippen molar-refractivity contribution in [2.24, 2.45) is 5.73 Å². The second-order valence-corrected chi connectivity index (χ2v) is 4.29. The van der Waals surface area contributed by atoms with Crippen LogP contribution in [-0.2, 0) is 13.2 Å². The summed E-state index contributed by atoms with van der Waals surface area (Å²) >= 11 is 0. The van der Waals surface area contributed by atoms with Gasteiger partial charge in [-0.1, -0.05) is 18.2 Å². The first-order valence-electron chi connectivity index (χ1n) is 5.97. The predicted molar refractivity (Wildman–Crippen MR) is 69.8 cm³/mol. The quantitative estimate of drug-likeness (QED) is 0.918. The van der Waals surface area contributed by atoms with Crippen LogP contribution in [0.5, 0.6) is 5.75 Å². The fraction of sp³-hybridized carbons (Fsp3) is 0.200. The monoisotopic (exact) mass is 263 g/mol. The lowest BCUT2D eigenvalue weighted by Crippen LogP contribution is -2.05. The van der Waals surface area contributed by atoms with E-state index in [0.717, 1.165) is 0 Å². The van der Waals surface area contributed by atoms with E-state index in [-0.39, 0.29) is 24.8 Å². The van der Waals surface area contributed by atoms with Gasteiger partial charge in [-0.25, -0.2) is 8.78 Å². The lowest BCUT2D eigenvalue weighted by Gasteiger charge is -2.10. The number of hydrogen-bond acceptors (Lipinski definition) is 2. The molecule has 4 heteroatoms. The van der Waals surface area contributed by atoms with E-state index >= 15 is 0 Å². The summed E-state index contributed by atoms with van der Waals surface area (Å²) in [5.41, 5.74) is 6.83. The van der Waals surface area contributed by atoms with Gasteiger partial charge in [0, 0.05) is 17.7 Å². The first-order valence-corrected chi connectivity index (χ1v) is 5.97. The van der Waals surface area contributed by atoms with Crippen molar-refractivity contribution in [2.45, 2.75) is 20.1 Å². The topological polar surface area (TPSA) is 35.2 Å². The van der Waals surface area contributed by atoms with Crippen LogP contribution in [0.2, 0.25) is 0 Å². The number of rotatable bonds is 4. The lowest BCUT2D eigenvalue weighted by molar-refractivity contribution is 0.298. The average molecular weight is 263 g/mol. The van der Waals surface area contributed by atoms with Crippen molar-refractivity contribution in [3.63, 3.8) is 0 Å². The molecule has 0 unspecified atom stereocenters. The Labute approximate surface area is 110 Å². The molecule has 2 aromatic rings. The third-order valence-electron chi connectivity index (χ3n) is 2.90. The van der Waals surface area contributed by atoms with Crippen molar-refractivity contribution >= 4 is 0 Å². The highest BCUT2D eigenvalue weighted by Crippen LogP contribution is 2.19. The number of benzene rings is 2. The number of hydrogen-bond donors (Lipinski definition) is 1. The van der Waals surface area contributed by atoms with E-state index in [1.807, 2.05) is 0 Å². The van der Waals surface area contributed by atoms with Crippen molar-refractivity contribution in [3.8, 4) is 5.75 Å². The van der Waals surface area contributed by atoms with Crippen LogP contribution in [0.4, 0.5) is 8.78 Å². The molecule has 0 atom stereocenters. The van der Waals surface area contributed by atoms with Crippen LogP contribution in [-0.4, -0.2) is 0 Å². The van der Waals surface area contributed by atoms with Crippen molar-refractivity contribution in [2.75, 3.05) is 0 Å². The standard InChI is InChI=1S/C15H15F2NO/c1-10-7-13(5-6-14(10)16)19-9-12-4-2-3-11(8-18)15(12)17/h2-7H,8-9,18H2,1H3. The molecule has 0 heterocycles.